The van der Waals surface area contributed by atoms with Crippen molar-refractivity contribution >= 4 is 11.6 Å². The molecule has 1 aromatic heterocycles. The van der Waals surface area contributed by atoms with Gasteiger partial charge in [0.25, 0.3) is 0 Å². The first-order valence-corrected chi connectivity index (χ1v) is 5.14. The van der Waals surface area contributed by atoms with E-state index in [-0.39, 0.29) is 0 Å². The molecule has 0 amide bonds. The van der Waals surface area contributed by atoms with E-state index in [9.17, 15) is 0 Å². The Kier molecular flexibility index (Phi) is 3.35. The Labute approximate surface area is 88.4 Å². The minimum atomic E-state index is 0.479. The molecule has 1 aliphatic rings. The smallest absolute Gasteiger partial charge is 0.0620 e. The van der Waals surface area contributed by atoms with Crippen LogP contribution in [0.1, 0.15) is 12.1 Å². The lowest BCUT2D eigenvalue weighted by molar-refractivity contribution is 0.189. The zero-order chi connectivity index (χ0) is 9.80. The number of rotatable bonds is 3. The Bertz CT molecular complexity index is 283. The highest BCUT2D eigenvalue weighted by Crippen LogP contribution is 2.07. The monoisotopic (exact) mass is 212 g/mol. The number of hydrogen-bond acceptors (Lipinski definition) is 3. The third-order valence-corrected chi connectivity index (χ3v) is 2.51. The van der Waals surface area contributed by atoms with Crippen molar-refractivity contribution < 1.29 is 4.74 Å². The normalized spacial score (nSPS) is 21.4. The van der Waals surface area contributed by atoms with Crippen molar-refractivity contribution in [2.75, 3.05) is 13.2 Å². The molecular formula is C10H13ClN2O. The minimum Gasteiger partial charge on any atom is -0.380 e. The lowest BCUT2D eigenvalue weighted by Gasteiger charge is -2.09. The second kappa shape index (κ2) is 4.73. The second-order valence-electron chi connectivity index (χ2n) is 3.41. The summed E-state index contributed by atoms with van der Waals surface area (Å²) in [7, 11) is 0. The van der Waals surface area contributed by atoms with Crippen LogP contribution in [0.15, 0.2) is 18.3 Å². The minimum absolute atomic E-state index is 0.479. The fourth-order valence-electron chi connectivity index (χ4n) is 1.46. The topological polar surface area (TPSA) is 34.1 Å². The van der Waals surface area contributed by atoms with Crippen LogP contribution in [-0.2, 0) is 11.3 Å². The molecule has 14 heavy (non-hydrogen) atoms. The molecule has 0 spiro atoms. The maximum Gasteiger partial charge on any atom is 0.0620 e. The Hall–Kier alpha value is -0.640. The first-order valence-electron chi connectivity index (χ1n) is 4.76. The molecule has 1 aromatic rings. The predicted octanol–water partition coefficient (Wildman–Crippen LogP) is 1.61. The molecule has 0 saturated carbocycles. The average molecular weight is 213 g/mol. The van der Waals surface area contributed by atoms with Gasteiger partial charge in [-0.05, 0) is 18.6 Å². The highest BCUT2D eigenvalue weighted by atomic mass is 35.5. The zero-order valence-corrected chi connectivity index (χ0v) is 8.63. The number of pyridine rings is 1. The summed E-state index contributed by atoms with van der Waals surface area (Å²) in [6.45, 7) is 2.46. The van der Waals surface area contributed by atoms with E-state index in [1.165, 1.54) is 0 Å². The van der Waals surface area contributed by atoms with Crippen molar-refractivity contribution in [3.05, 3.63) is 29.0 Å². The number of halogens is 1. The average Bonchev–Trinajstić information content (AvgIpc) is 2.70. The number of ether oxygens (including phenoxy) is 1. The fraction of sp³-hybridized carbons (Fsp3) is 0.500. The van der Waals surface area contributed by atoms with Gasteiger partial charge < -0.3 is 10.1 Å². The molecule has 1 saturated heterocycles. The van der Waals surface area contributed by atoms with Gasteiger partial charge in [-0.2, -0.15) is 0 Å². The second-order valence-corrected chi connectivity index (χ2v) is 3.85. The maximum absolute atomic E-state index is 5.74. The summed E-state index contributed by atoms with van der Waals surface area (Å²) in [5.74, 6) is 0. The summed E-state index contributed by atoms with van der Waals surface area (Å²) in [6, 6.07) is 4.27. The number of nitrogens with zero attached hydrogens (tertiary/aromatic N) is 1. The van der Waals surface area contributed by atoms with Gasteiger partial charge in [-0.15, -0.1) is 0 Å². The summed E-state index contributed by atoms with van der Waals surface area (Å²) in [5.41, 5.74) is 1.02. The zero-order valence-electron chi connectivity index (χ0n) is 7.87. The summed E-state index contributed by atoms with van der Waals surface area (Å²) >= 11 is 5.74. The van der Waals surface area contributed by atoms with Crippen LogP contribution in [0, 0.1) is 0 Å². The van der Waals surface area contributed by atoms with Crippen molar-refractivity contribution in [1.29, 1.82) is 0 Å². The van der Waals surface area contributed by atoms with Crippen molar-refractivity contribution in [2.45, 2.75) is 19.0 Å². The van der Waals surface area contributed by atoms with E-state index in [4.69, 9.17) is 16.3 Å². The van der Waals surface area contributed by atoms with Gasteiger partial charge in [-0.3, -0.25) is 4.98 Å². The van der Waals surface area contributed by atoms with Crippen LogP contribution in [0.25, 0.3) is 0 Å². The summed E-state index contributed by atoms with van der Waals surface area (Å²) in [5, 5.41) is 4.07. The van der Waals surface area contributed by atoms with Crippen molar-refractivity contribution in [1.82, 2.24) is 10.3 Å². The third-order valence-electron chi connectivity index (χ3n) is 2.29. The van der Waals surface area contributed by atoms with E-state index in [0.29, 0.717) is 11.1 Å². The highest BCUT2D eigenvalue weighted by molar-refractivity contribution is 6.30. The van der Waals surface area contributed by atoms with Gasteiger partial charge in [0.15, 0.2) is 0 Å². The first-order chi connectivity index (χ1) is 6.84. The lowest BCUT2D eigenvalue weighted by atomic mass is 10.2. The van der Waals surface area contributed by atoms with Crippen molar-refractivity contribution in [3.8, 4) is 0 Å². The SMILES string of the molecule is Clc1ccc(CNC2CCOC2)nc1. The predicted molar refractivity (Wildman–Crippen MR) is 55.3 cm³/mol. The quantitative estimate of drug-likeness (QED) is 0.827. The molecule has 1 unspecified atom stereocenters. The molecule has 4 heteroatoms. The highest BCUT2D eigenvalue weighted by Gasteiger charge is 2.14. The Morgan fingerprint density at radius 3 is 3.14 bits per heavy atom. The van der Waals surface area contributed by atoms with Crippen LogP contribution in [0.3, 0.4) is 0 Å². The van der Waals surface area contributed by atoms with Crippen molar-refractivity contribution in [3.63, 3.8) is 0 Å². The van der Waals surface area contributed by atoms with E-state index in [2.05, 4.69) is 10.3 Å². The number of aromatic nitrogens is 1. The Balaban J connectivity index is 1.82. The van der Waals surface area contributed by atoms with E-state index in [1.54, 1.807) is 6.20 Å². The molecule has 2 rings (SSSR count). The van der Waals surface area contributed by atoms with E-state index >= 15 is 0 Å². The van der Waals surface area contributed by atoms with Gasteiger partial charge in [-0.25, -0.2) is 0 Å². The molecular weight excluding hydrogens is 200 g/mol. The number of hydrogen-bond donors (Lipinski definition) is 1. The van der Waals surface area contributed by atoms with Crippen LogP contribution in [-0.4, -0.2) is 24.2 Å². The molecule has 1 atom stereocenters. The molecule has 0 bridgehead atoms. The standard InChI is InChI=1S/C10H13ClN2O/c11-8-1-2-9(12-5-8)6-13-10-3-4-14-7-10/h1-2,5,10,13H,3-4,6-7H2. The van der Waals surface area contributed by atoms with Gasteiger partial charge in [0, 0.05) is 25.4 Å². The molecule has 1 aliphatic heterocycles. The van der Waals surface area contributed by atoms with Crippen LogP contribution in [0.5, 0.6) is 0 Å². The largest absolute Gasteiger partial charge is 0.380 e. The van der Waals surface area contributed by atoms with E-state index in [1.807, 2.05) is 12.1 Å². The van der Waals surface area contributed by atoms with Crippen LogP contribution in [0.4, 0.5) is 0 Å². The molecule has 1 fully saturated rings. The molecule has 1 N–H and O–H groups in total. The third kappa shape index (κ3) is 2.67. The molecule has 3 nitrogen and oxygen atoms in total. The Morgan fingerprint density at radius 1 is 1.57 bits per heavy atom. The molecule has 0 aliphatic carbocycles. The number of nitrogens with one attached hydrogen (secondary N) is 1. The molecule has 0 aromatic carbocycles. The molecule has 2 heterocycles. The van der Waals surface area contributed by atoms with Gasteiger partial charge in [-0.1, -0.05) is 11.6 Å². The first kappa shape index (κ1) is 9.90. The van der Waals surface area contributed by atoms with Crippen LogP contribution >= 0.6 is 11.6 Å². The van der Waals surface area contributed by atoms with Gasteiger partial charge >= 0.3 is 0 Å². The summed E-state index contributed by atoms with van der Waals surface area (Å²) in [6.07, 6.45) is 2.76. The Morgan fingerprint density at radius 2 is 2.50 bits per heavy atom. The van der Waals surface area contributed by atoms with Crippen molar-refractivity contribution in [2.24, 2.45) is 0 Å². The van der Waals surface area contributed by atoms with Crippen LogP contribution in [0.2, 0.25) is 5.02 Å². The van der Waals surface area contributed by atoms with E-state index in [0.717, 1.165) is 31.9 Å². The lowest BCUT2D eigenvalue weighted by Crippen LogP contribution is -2.28. The van der Waals surface area contributed by atoms with Gasteiger partial charge in [0.05, 0.1) is 17.3 Å². The fourth-order valence-corrected chi connectivity index (χ4v) is 1.57. The van der Waals surface area contributed by atoms with Gasteiger partial charge in [0.1, 0.15) is 0 Å². The molecule has 0 radical (unpaired) electrons. The summed E-state index contributed by atoms with van der Waals surface area (Å²) < 4.78 is 5.26. The molecule has 76 valence electrons. The van der Waals surface area contributed by atoms with Crippen LogP contribution < -0.4 is 5.32 Å². The van der Waals surface area contributed by atoms with Gasteiger partial charge in [0.2, 0.25) is 0 Å². The van der Waals surface area contributed by atoms with E-state index < -0.39 is 0 Å². The maximum atomic E-state index is 5.74. The summed E-state index contributed by atoms with van der Waals surface area (Å²) in [4.78, 5) is 4.20.